The first-order valence-electron chi connectivity index (χ1n) is 7.60. The van der Waals surface area contributed by atoms with Crippen LogP contribution in [0.3, 0.4) is 0 Å². The van der Waals surface area contributed by atoms with Crippen molar-refractivity contribution in [3.05, 3.63) is 36.5 Å². The highest BCUT2D eigenvalue weighted by atomic mass is 16.5. The topological polar surface area (TPSA) is 34.1 Å². The zero-order valence-corrected chi connectivity index (χ0v) is 12.0. The molecule has 106 valence electrons. The number of fused-ring (bicyclic) bond motifs is 1. The van der Waals surface area contributed by atoms with Gasteiger partial charge in [0.25, 0.3) is 0 Å². The molecular weight excluding hydrogens is 248 g/mol. The molecule has 0 aliphatic heterocycles. The lowest BCUT2D eigenvalue weighted by molar-refractivity contribution is 0.208. The van der Waals surface area contributed by atoms with Gasteiger partial charge >= 0.3 is 0 Å². The van der Waals surface area contributed by atoms with Crippen LogP contribution in [-0.4, -0.2) is 23.7 Å². The van der Waals surface area contributed by atoms with Crippen molar-refractivity contribution in [2.24, 2.45) is 0 Å². The van der Waals surface area contributed by atoms with E-state index in [0.29, 0.717) is 12.1 Å². The fraction of sp³-hybridized carbons (Fsp3) is 0.471. The minimum absolute atomic E-state index is 0.317. The van der Waals surface area contributed by atoms with E-state index in [-0.39, 0.29) is 0 Å². The quantitative estimate of drug-likeness (QED) is 0.902. The SMILES string of the molecule is CCCNC1CCC(Oc2cccc3cccnc23)C1. The van der Waals surface area contributed by atoms with Gasteiger partial charge in [0.2, 0.25) is 0 Å². The van der Waals surface area contributed by atoms with Gasteiger partial charge in [0.1, 0.15) is 17.4 Å². The van der Waals surface area contributed by atoms with Gasteiger partial charge in [-0.2, -0.15) is 0 Å². The lowest BCUT2D eigenvalue weighted by Gasteiger charge is -2.16. The molecule has 2 atom stereocenters. The van der Waals surface area contributed by atoms with Crippen LogP contribution in [0.15, 0.2) is 36.5 Å². The number of rotatable bonds is 5. The molecule has 3 nitrogen and oxygen atoms in total. The Morgan fingerprint density at radius 2 is 2.15 bits per heavy atom. The Balaban J connectivity index is 1.68. The van der Waals surface area contributed by atoms with Crippen LogP contribution in [0.5, 0.6) is 5.75 Å². The van der Waals surface area contributed by atoms with Crippen molar-refractivity contribution < 1.29 is 4.74 Å². The molecule has 20 heavy (non-hydrogen) atoms. The summed E-state index contributed by atoms with van der Waals surface area (Å²) >= 11 is 0. The molecule has 0 amide bonds. The predicted octanol–water partition coefficient (Wildman–Crippen LogP) is 3.53. The number of hydrogen-bond donors (Lipinski definition) is 1. The number of pyridine rings is 1. The molecule has 1 aliphatic rings. The van der Waals surface area contributed by atoms with Gasteiger partial charge in [-0.1, -0.05) is 25.1 Å². The first-order valence-corrected chi connectivity index (χ1v) is 7.60. The lowest BCUT2D eigenvalue weighted by Crippen LogP contribution is -2.28. The number of benzene rings is 1. The number of ether oxygens (including phenoxy) is 1. The highest BCUT2D eigenvalue weighted by Crippen LogP contribution is 2.29. The van der Waals surface area contributed by atoms with E-state index in [1.807, 2.05) is 24.4 Å². The Labute approximate surface area is 120 Å². The van der Waals surface area contributed by atoms with Gasteiger partial charge in [0, 0.05) is 17.6 Å². The molecule has 2 aromatic rings. The average molecular weight is 270 g/mol. The summed E-state index contributed by atoms with van der Waals surface area (Å²) in [6.45, 7) is 3.31. The van der Waals surface area contributed by atoms with Gasteiger partial charge in [-0.25, -0.2) is 0 Å². The Bertz CT molecular complexity index is 564. The number of nitrogens with one attached hydrogen (secondary N) is 1. The molecule has 1 aromatic heterocycles. The fourth-order valence-corrected chi connectivity index (χ4v) is 2.93. The maximum absolute atomic E-state index is 6.20. The maximum Gasteiger partial charge on any atom is 0.145 e. The van der Waals surface area contributed by atoms with Crippen molar-refractivity contribution >= 4 is 10.9 Å². The van der Waals surface area contributed by atoms with Crippen molar-refractivity contribution in [1.82, 2.24) is 10.3 Å². The third-order valence-corrected chi connectivity index (χ3v) is 3.96. The number of para-hydroxylation sites is 1. The van der Waals surface area contributed by atoms with Gasteiger partial charge in [-0.15, -0.1) is 0 Å². The monoisotopic (exact) mass is 270 g/mol. The largest absolute Gasteiger partial charge is 0.488 e. The zero-order chi connectivity index (χ0) is 13.8. The van der Waals surface area contributed by atoms with Crippen LogP contribution < -0.4 is 10.1 Å². The van der Waals surface area contributed by atoms with E-state index in [4.69, 9.17) is 4.74 Å². The van der Waals surface area contributed by atoms with E-state index in [1.165, 1.54) is 12.8 Å². The fourth-order valence-electron chi connectivity index (χ4n) is 2.93. The average Bonchev–Trinajstić information content (AvgIpc) is 2.93. The molecule has 1 fully saturated rings. The highest BCUT2D eigenvalue weighted by Gasteiger charge is 2.25. The summed E-state index contributed by atoms with van der Waals surface area (Å²) in [5.74, 6) is 0.921. The minimum Gasteiger partial charge on any atom is -0.488 e. The third-order valence-electron chi connectivity index (χ3n) is 3.96. The van der Waals surface area contributed by atoms with Gasteiger partial charge in [0.15, 0.2) is 0 Å². The molecule has 1 aromatic carbocycles. The number of nitrogens with zero attached hydrogens (tertiary/aromatic N) is 1. The molecule has 0 bridgehead atoms. The van der Waals surface area contributed by atoms with Crippen LogP contribution in [-0.2, 0) is 0 Å². The van der Waals surface area contributed by atoms with Crippen molar-refractivity contribution in [3.8, 4) is 5.75 Å². The van der Waals surface area contributed by atoms with Gasteiger partial charge < -0.3 is 10.1 Å². The summed E-state index contributed by atoms with van der Waals surface area (Å²) in [4.78, 5) is 4.45. The number of aromatic nitrogens is 1. The van der Waals surface area contributed by atoms with Crippen molar-refractivity contribution in [3.63, 3.8) is 0 Å². The summed E-state index contributed by atoms with van der Waals surface area (Å²) in [5.41, 5.74) is 0.972. The van der Waals surface area contributed by atoms with E-state index < -0.39 is 0 Å². The predicted molar refractivity (Wildman–Crippen MR) is 82.1 cm³/mol. The van der Waals surface area contributed by atoms with Crippen LogP contribution in [0.4, 0.5) is 0 Å². The molecule has 1 saturated carbocycles. The summed E-state index contributed by atoms with van der Waals surface area (Å²) in [5, 5.41) is 4.73. The van der Waals surface area contributed by atoms with E-state index in [0.717, 1.165) is 36.0 Å². The van der Waals surface area contributed by atoms with E-state index in [1.54, 1.807) is 0 Å². The molecule has 0 saturated heterocycles. The Hall–Kier alpha value is -1.61. The van der Waals surface area contributed by atoms with E-state index in [2.05, 4.69) is 29.4 Å². The third kappa shape index (κ3) is 2.93. The second-order valence-electron chi connectivity index (χ2n) is 5.54. The standard InChI is InChI=1S/C17H22N2O/c1-2-10-18-14-8-9-15(12-14)20-16-7-3-5-13-6-4-11-19-17(13)16/h3-7,11,14-15,18H,2,8-10,12H2,1H3. The van der Waals surface area contributed by atoms with Crippen LogP contribution in [0.25, 0.3) is 10.9 Å². The molecule has 1 aliphatic carbocycles. The molecule has 3 rings (SSSR count). The van der Waals surface area contributed by atoms with Crippen molar-refractivity contribution in [2.75, 3.05) is 6.54 Å². The molecule has 1 heterocycles. The summed E-state index contributed by atoms with van der Waals surface area (Å²) < 4.78 is 6.20. The van der Waals surface area contributed by atoms with Gasteiger partial charge in [-0.3, -0.25) is 4.98 Å². The normalized spacial score (nSPS) is 22.2. The van der Waals surface area contributed by atoms with Crippen LogP contribution >= 0.6 is 0 Å². The second kappa shape index (κ2) is 6.23. The molecular formula is C17H22N2O. The minimum atomic E-state index is 0.317. The Morgan fingerprint density at radius 1 is 1.25 bits per heavy atom. The summed E-state index contributed by atoms with van der Waals surface area (Å²) in [7, 11) is 0. The summed E-state index contributed by atoms with van der Waals surface area (Å²) in [6.07, 6.45) is 6.78. The second-order valence-corrected chi connectivity index (χ2v) is 5.54. The summed E-state index contributed by atoms with van der Waals surface area (Å²) in [6, 6.07) is 10.8. The molecule has 2 unspecified atom stereocenters. The van der Waals surface area contributed by atoms with Crippen molar-refractivity contribution in [1.29, 1.82) is 0 Å². The Morgan fingerprint density at radius 3 is 3.05 bits per heavy atom. The molecule has 0 radical (unpaired) electrons. The van der Waals surface area contributed by atoms with Crippen LogP contribution in [0.2, 0.25) is 0 Å². The first-order chi connectivity index (χ1) is 9.86. The Kier molecular flexibility index (Phi) is 4.16. The molecule has 1 N–H and O–H groups in total. The molecule has 3 heteroatoms. The highest BCUT2D eigenvalue weighted by molar-refractivity contribution is 5.84. The van der Waals surface area contributed by atoms with Crippen LogP contribution in [0.1, 0.15) is 32.6 Å². The van der Waals surface area contributed by atoms with Crippen LogP contribution in [0, 0.1) is 0 Å². The lowest BCUT2D eigenvalue weighted by atomic mass is 10.2. The van der Waals surface area contributed by atoms with Gasteiger partial charge in [0.05, 0.1) is 0 Å². The first kappa shape index (κ1) is 13.4. The smallest absolute Gasteiger partial charge is 0.145 e. The van der Waals surface area contributed by atoms with Crippen molar-refractivity contribution in [2.45, 2.75) is 44.8 Å². The maximum atomic E-state index is 6.20. The van der Waals surface area contributed by atoms with Gasteiger partial charge in [-0.05, 0) is 44.4 Å². The van der Waals surface area contributed by atoms with E-state index in [9.17, 15) is 0 Å². The number of hydrogen-bond acceptors (Lipinski definition) is 3. The molecule has 0 spiro atoms. The zero-order valence-electron chi connectivity index (χ0n) is 12.0. The van der Waals surface area contributed by atoms with E-state index >= 15 is 0 Å².